The van der Waals surface area contributed by atoms with Crippen LogP contribution in [0.3, 0.4) is 0 Å². The van der Waals surface area contributed by atoms with E-state index < -0.39 is 0 Å². The molecule has 0 aliphatic heterocycles. The molecule has 0 bridgehead atoms. The van der Waals surface area contributed by atoms with Crippen molar-refractivity contribution in [1.29, 1.82) is 0 Å². The summed E-state index contributed by atoms with van der Waals surface area (Å²) in [5.41, 5.74) is 7.81. The summed E-state index contributed by atoms with van der Waals surface area (Å²) in [7, 11) is 3.49. The van der Waals surface area contributed by atoms with Gasteiger partial charge in [-0.25, -0.2) is 0 Å². The van der Waals surface area contributed by atoms with Crippen LogP contribution >= 0.6 is 0 Å². The highest BCUT2D eigenvalue weighted by Crippen LogP contribution is 2.09. The molecule has 19 heavy (non-hydrogen) atoms. The van der Waals surface area contributed by atoms with E-state index in [1.807, 2.05) is 38.2 Å². The van der Waals surface area contributed by atoms with E-state index in [9.17, 15) is 4.79 Å². The number of ether oxygens (including phenoxy) is 1. The second-order valence-corrected chi connectivity index (χ2v) is 4.86. The van der Waals surface area contributed by atoms with Gasteiger partial charge in [-0.3, -0.25) is 4.79 Å². The van der Waals surface area contributed by atoms with Gasteiger partial charge in [0.1, 0.15) is 0 Å². The van der Waals surface area contributed by atoms with Gasteiger partial charge in [-0.05, 0) is 24.5 Å². The van der Waals surface area contributed by atoms with E-state index in [0.717, 1.165) is 17.5 Å². The molecule has 4 heteroatoms. The maximum Gasteiger partial charge on any atom is 0.222 e. The third-order valence-corrected chi connectivity index (χ3v) is 3.24. The Morgan fingerprint density at radius 1 is 1.42 bits per heavy atom. The van der Waals surface area contributed by atoms with Crippen LogP contribution in [0.25, 0.3) is 0 Å². The number of benzene rings is 1. The molecule has 1 atom stereocenters. The van der Waals surface area contributed by atoms with Crippen LogP contribution in [0.4, 0.5) is 0 Å². The van der Waals surface area contributed by atoms with Crippen LogP contribution in [-0.2, 0) is 22.6 Å². The maximum atomic E-state index is 12.0. The standard InChI is InChI=1S/C15H24N2O2/c1-12(19-3)7-8-15(18)17(2)11-14-6-4-5-13(9-14)10-16/h4-6,9,12H,7-8,10-11,16H2,1-3H3. The Bertz CT molecular complexity index is 407. The Balaban J connectivity index is 2.48. The summed E-state index contributed by atoms with van der Waals surface area (Å²) in [5, 5.41) is 0. The molecule has 4 nitrogen and oxygen atoms in total. The molecule has 0 saturated heterocycles. The minimum Gasteiger partial charge on any atom is -0.382 e. The van der Waals surface area contributed by atoms with E-state index in [-0.39, 0.29) is 12.0 Å². The van der Waals surface area contributed by atoms with Crippen molar-refractivity contribution in [2.45, 2.75) is 39.0 Å². The molecular formula is C15H24N2O2. The quantitative estimate of drug-likeness (QED) is 0.818. The van der Waals surface area contributed by atoms with Gasteiger partial charge in [-0.2, -0.15) is 0 Å². The number of carbonyl (C=O) groups is 1. The molecular weight excluding hydrogens is 240 g/mol. The largest absolute Gasteiger partial charge is 0.382 e. The number of nitrogens with zero attached hydrogens (tertiary/aromatic N) is 1. The van der Waals surface area contributed by atoms with Crippen molar-refractivity contribution in [3.8, 4) is 0 Å². The van der Waals surface area contributed by atoms with Gasteiger partial charge >= 0.3 is 0 Å². The lowest BCUT2D eigenvalue weighted by Gasteiger charge is -2.18. The van der Waals surface area contributed by atoms with E-state index in [1.54, 1.807) is 12.0 Å². The maximum absolute atomic E-state index is 12.0. The van der Waals surface area contributed by atoms with Gasteiger partial charge < -0.3 is 15.4 Å². The topological polar surface area (TPSA) is 55.6 Å². The second kappa shape index (κ2) is 7.92. The molecule has 0 radical (unpaired) electrons. The van der Waals surface area contributed by atoms with E-state index in [2.05, 4.69) is 0 Å². The van der Waals surface area contributed by atoms with Crippen LogP contribution < -0.4 is 5.73 Å². The van der Waals surface area contributed by atoms with Crippen molar-refractivity contribution in [3.05, 3.63) is 35.4 Å². The van der Waals surface area contributed by atoms with E-state index >= 15 is 0 Å². The van der Waals surface area contributed by atoms with Crippen LogP contribution in [0.15, 0.2) is 24.3 Å². The van der Waals surface area contributed by atoms with Gasteiger partial charge in [-0.15, -0.1) is 0 Å². The number of hydrogen-bond donors (Lipinski definition) is 1. The lowest BCUT2D eigenvalue weighted by molar-refractivity contribution is -0.131. The number of hydrogen-bond acceptors (Lipinski definition) is 3. The average molecular weight is 264 g/mol. The Labute approximate surface area is 115 Å². The fourth-order valence-corrected chi connectivity index (χ4v) is 1.85. The van der Waals surface area contributed by atoms with Crippen molar-refractivity contribution in [1.82, 2.24) is 4.90 Å². The van der Waals surface area contributed by atoms with Gasteiger partial charge in [0.25, 0.3) is 0 Å². The first-order chi connectivity index (χ1) is 9.06. The summed E-state index contributed by atoms with van der Waals surface area (Å²) in [4.78, 5) is 13.7. The van der Waals surface area contributed by atoms with Crippen LogP contribution in [0.5, 0.6) is 0 Å². The van der Waals surface area contributed by atoms with Crippen LogP contribution in [0.1, 0.15) is 30.9 Å². The molecule has 1 aromatic carbocycles. The first kappa shape index (κ1) is 15.7. The zero-order valence-electron chi connectivity index (χ0n) is 12.1. The van der Waals surface area contributed by atoms with Crippen molar-refractivity contribution < 1.29 is 9.53 Å². The summed E-state index contributed by atoms with van der Waals surface area (Å²) >= 11 is 0. The molecule has 0 spiro atoms. The van der Waals surface area contributed by atoms with Gasteiger partial charge in [0.15, 0.2) is 0 Å². The summed E-state index contributed by atoms with van der Waals surface area (Å²) in [6.07, 6.45) is 1.39. The first-order valence-corrected chi connectivity index (χ1v) is 6.61. The smallest absolute Gasteiger partial charge is 0.222 e. The fourth-order valence-electron chi connectivity index (χ4n) is 1.85. The number of amides is 1. The minimum atomic E-state index is 0.123. The van der Waals surface area contributed by atoms with Crippen molar-refractivity contribution in [2.24, 2.45) is 5.73 Å². The highest BCUT2D eigenvalue weighted by atomic mass is 16.5. The Hall–Kier alpha value is -1.39. The molecule has 0 aliphatic carbocycles. The minimum absolute atomic E-state index is 0.123. The number of carbonyl (C=O) groups excluding carboxylic acids is 1. The zero-order chi connectivity index (χ0) is 14.3. The van der Waals surface area contributed by atoms with E-state index in [0.29, 0.717) is 19.5 Å². The third kappa shape index (κ3) is 5.41. The predicted molar refractivity (Wildman–Crippen MR) is 76.5 cm³/mol. The second-order valence-electron chi connectivity index (χ2n) is 4.86. The number of rotatable bonds is 7. The monoisotopic (exact) mass is 264 g/mol. The number of nitrogens with two attached hydrogens (primary N) is 1. The third-order valence-electron chi connectivity index (χ3n) is 3.24. The molecule has 1 amide bonds. The highest BCUT2D eigenvalue weighted by molar-refractivity contribution is 5.75. The summed E-state index contributed by atoms with van der Waals surface area (Å²) in [6, 6.07) is 8.02. The molecule has 0 fully saturated rings. The summed E-state index contributed by atoms with van der Waals surface area (Å²) in [6.45, 7) is 3.11. The lowest BCUT2D eigenvalue weighted by atomic mass is 10.1. The number of methoxy groups -OCH3 is 1. The van der Waals surface area contributed by atoms with Crippen molar-refractivity contribution >= 4 is 5.91 Å². The van der Waals surface area contributed by atoms with Gasteiger partial charge in [-0.1, -0.05) is 24.3 Å². The summed E-state index contributed by atoms with van der Waals surface area (Å²) < 4.78 is 5.14. The summed E-state index contributed by atoms with van der Waals surface area (Å²) in [5.74, 6) is 0.141. The van der Waals surface area contributed by atoms with Gasteiger partial charge in [0, 0.05) is 33.7 Å². The first-order valence-electron chi connectivity index (χ1n) is 6.61. The molecule has 0 aromatic heterocycles. The Kier molecular flexibility index (Phi) is 6.53. The molecule has 0 heterocycles. The molecule has 0 saturated carbocycles. The Morgan fingerprint density at radius 3 is 2.74 bits per heavy atom. The highest BCUT2D eigenvalue weighted by Gasteiger charge is 2.11. The van der Waals surface area contributed by atoms with Gasteiger partial charge in [0.2, 0.25) is 5.91 Å². The normalized spacial score (nSPS) is 12.2. The average Bonchev–Trinajstić information content (AvgIpc) is 2.44. The molecule has 1 unspecified atom stereocenters. The van der Waals surface area contributed by atoms with Crippen LogP contribution in [0.2, 0.25) is 0 Å². The SMILES string of the molecule is COC(C)CCC(=O)N(C)Cc1cccc(CN)c1. The molecule has 106 valence electrons. The zero-order valence-corrected chi connectivity index (χ0v) is 12.1. The van der Waals surface area contributed by atoms with E-state index in [1.165, 1.54) is 0 Å². The molecule has 0 aliphatic rings. The molecule has 1 rings (SSSR count). The lowest BCUT2D eigenvalue weighted by Crippen LogP contribution is -2.27. The van der Waals surface area contributed by atoms with Crippen LogP contribution in [-0.4, -0.2) is 31.1 Å². The molecule has 2 N–H and O–H groups in total. The molecule has 1 aromatic rings. The van der Waals surface area contributed by atoms with Gasteiger partial charge in [0.05, 0.1) is 6.10 Å². The van der Waals surface area contributed by atoms with Crippen LogP contribution in [0, 0.1) is 0 Å². The van der Waals surface area contributed by atoms with E-state index in [4.69, 9.17) is 10.5 Å². The van der Waals surface area contributed by atoms with Crippen molar-refractivity contribution in [2.75, 3.05) is 14.2 Å². The Morgan fingerprint density at radius 2 is 2.11 bits per heavy atom. The fraction of sp³-hybridized carbons (Fsp3) is 0.533. The predicted octanol–water partition coefficient (Wildman–Crippen LogP) is 1.92. The van der Waals surface area contributed by atoms with Crippen molar-refractivity contribution in [3.63, 3.8) is 0 Å².